The Bertz CT molecular complexity index is 932. The molecule has 1 saturated carbocycles. The number of hydrogen-bond acceptors (Lipinski definition) is 5. The maximum absolute atomic E-state index is 12.5. The van der Waals surface area contributed by atoms with Crippen LogP contribution in [-0.4, -0.2) is 29.2 Å². The van der Waals surface area contributed by atoms with E-state index >= 15 is 0 Å². The summed E-state index contributed by atoms with van der Waals surface area (Å²) in [7, 11) is 0. The van der Waals surface area contributed by atoms with Crippen molar-refractivity contribution < 1.29 is 14.4 Å². The number of anilines is 1. The number of nitrogens with one attached hydrogen (secondary N) is 1. The second kappa shape index (κ2) is 8.98. The zero-order valence-electron chi connectivity index (χ0n) is 16.7. The van der Waals surface area contributed by atoms with E-state index in [9.17, 15) is 14.4 Å². The average Bonchev–Trinajstić information content (AvgIpc) is 3.02. The van der Waals surface area contributed by atoms with E-state index in [1.54, 1.807) is 24.3 Å². The van der Waals surface area contributed by atoms with Crippen molar-refractivity contribution in [1.82, 2.24) is 4.90 Å². The van der Waals surface area contributed by atoms with Crippen LogP contribution in [0.3, 0.4) is 0 Å². The third-order valence-electron chi connectivity index (χ3n) is 5.68. The molecule has 2 aromatic rings. The zero-order chi connectivity index (χ0) is 20.9. The van der Waals surface area contributed by atoms with Crippen LogP contribution in [0.1, 0.15) is 32.1 Å². The van der Waals surface area contributed by atoms with E-state index in [1.165, 1.54) is 4.90 Å². The van der Waals surface area contributed by atoms with Crippen LogP contribution in [0.4, 0.5) is 17.1 Å². The Morgan fingerprint density at radius 2 is 1.43 bits per heavy atom. The Hall–Kier alpha value is -3.35. The number of rotatable bonds is 6. The molecule has 2 fully saturated rings. The first-order chi connectivity index (χ1) is 14.6. The fourth-order valence-electron chi connectivity index (χ4n) is 4.11. The highest BCUT2D eigenvalue weighted by atomic mass is 16.2. The van der Waals surface area contributed by atoms with Crippen LogP contribution in [0.5, 0.6) is 0 Å². The molecule has 1 saturated heterocycles. The van der Waals surface area contributed by atoms with Gasteiger partial charge in [-0.1, -0.05) is 31.0 Å². The number of azo groups is 1. The lowest BCUT2D eigenvalue weighted by molar-refractivity contribution is -0.140. The zero-order valence-corrected chi connectivity index (χ0v) is 16.7. The molecule has 0 spiro atoms. The van der Waals surface area contributed by atoms with Gasteiger partial charge in [0, 0.05) is 18.7 Å². The predicted octanol–water partition coefficient (Wildman–Crippen LogP) is 4.61. The molecule has 1 heterocycles. The number of amides is 3. The highest BCUT2D eigenvalue weighted by Crippen LogP contribution is 2.38. The van der Waals surface area contributed by atoms with Gasteiger partial charge in [0.05, 0.1) is 23.2 Å². The first-order valence-electron chi connectivity index (χ1n) is 10.3. The second-order valence-electron chi connectivity index (χ2n) is 7.71. The minimum absolute atomic E-state index is 0.0897. The van der Waals surface area contributed by atoms with Crippen molar-refractivity contribution in [2.75, 3.05) is 11.9 Å². The molecule has 0 unspecified atom stereocenters. The lowest BCUT2D eigenvalue weighted by Crippen LogP contribution is -2.34. The van der Waals surface area contributed by atoms with Crippen molar-refractivity contribution in [1.29, 1.82) is 0 Å². The molecule has 2 aromatic carbocycles. The quantitative estimate of drug-likeness (QED) is 0.563. The number of fused-ring (bicyclic) bond motifs is 1. The highest BCUT2D eigenvalue weighted by Gasteiger charge is 2.47. The van der Waals surface area contributed by atoms with Crippen LogP contribution >= 0.6 is 0 Å². The Morgan fingerprint density at radius 3 is 2.03 bits per heavy atom. The van der Waals surface area contributed by atoms with E-state index in [2.05, 4.69) is 15.5 Å². The van der Waals surface area contributed by atoms with Crippen LogP contribution in [0.15, 0.2) is 64.8 Å². The number of carbonyl (C=O) groups is 3. The fraction of sp³-hybridized carbons (Fsp3) is 0.348. The van der Waals surface area contributed by atoms with E-state index in [-0.39, 0.29) is 42.5 Å². The molecule has 3 amide bonds. The number of likely N-dealkylation sites (tertiary alicyclic amines) is 1. The summed E-state index contributed by atoms with van der Waals surface area (Å²) in [5.74, 6) is -0.792. The topological polar surface area (TPSA) is 91.2 Å². The molecule has 4 rings (SSSR count). The van der Waals surface area contributed by atoms with Crippen molar-refractivity contribution in [2.45, 2.75) is 32.1 Å². The van der Waals surface area contributed by atoms with Crippen LogP contribution in [0.2, 0.25) is 0 Å². The van der Waals surface area contributed by atoms with Crippen LogP contribution < -0.4 is 5.32 Å². The van der Waals surface area contributed by atoms with Crippen molar-refractivity contribution >= 4 is 34.8 Å². The lowest BCUT2D eigenvalue weighted by Gasteiger charge is -2.19. The minimum atomic E-state index is -0.232. The van der Waals surface area contributed by atoms with Gasteiger partial charge < -0.3 is 5.32 Å². The van der Waals surface area contributed by atoms with E-state index in [1.807, 2.05) is 30.3 Å². The molecule has 7 heteroatoms. The highest BCUT2D eigenvalue weighted by molar-refractivity contribution is 6.05. The standard InChI is InChI=1S/C23H24N4O3/c28-21(14-15-27-22(29)19-8-4-5-9-20(19)23(27)30)24-16-10-12-18(13-11-16)26-25-17-6-2-1-3-7-17/h1-3,6-7,10-13,19-20H,4-5,8-9,14-15H2,(H,24,28)/t19-,20-/m0/s1. The normalized spacial score (nSPS) is 21.1. The van der Waals surface area contributed by atoms with Crippen LogP contribution in [0, 0.1) is 11.8 Å². The van der Waals surface area contributed by atoms with Gasteiger partial charge in [0.25, 0.3) is 0 Å². The summed E-state index contributed by atoms with van der Waals surface area (Å²) < 4.78 is 0. The van der Waals surface area contributed by atoms with Gasteiger partial charge in [-0.2, -0.15) is 10.2 Å². The molecule has 154 valence electrons. The third-order valence-corrected chi connectivity index (χ3v) is 5.68. The summed E-state index contributed by atoms with van der Waals surface area (Å²) in [5, 5.41) is 11.1. The van der Waals surface area contributed by atoms with Crippen LogP contribution in [-0.2, 0) is 14.4 Å². The van der Waals surface area contributed by atoms with Gasteiger partial charge in [0.2, 0.25) is 17.7 Å². The van der Waals surface area contributed by atoms with Crippen molar-refractivity contribution in [3.8, 4) is 0 Å². The van der Waals surface area contributed by atoms with Gasteiger partial charge in [-0.15, -0.1) is 0 Å². The predicted molar refractivity (Wildman–Crippen MR) is 112 cm³/mol. The Morgan fingerprint density at radius 1 is 0.867 bits per heavy atom. The number of benzene rings is 2. The molecular weight excluding hydrogens is 380 g/mol. The monoisotopic (exact) mass is 404 g/mol. The number of carbonyl (C=O) groups excluding carboxylic acids is 3. The summed E-state index contributed by atoms with van der Waals surface area (Å²) in [5.41, 5.74) is 2.07. The maximum atomic E-state index is 12.5. The first-order valence-corrected chi connectivity index (χ1v) is 10.3. The van der Waals surface area contributed by atoms with E-state index in [0.29, 0.717) is 11.4 Å². The second-order valence-corrected chi connectivity index (χ2v) is 7.71. The van der Waals surface area contributed by atoms with Gasteiger partial charge in [0.15, 0.2) is 0 Å². The summed E-state index contributed by atoms with van der Waals surface area (Å²) >= 11 is 0. The molecule has 0 radical (unpaired) electrons. The molecular formula is C23H24N4O3. The summed E-state index contributed by atoms with van der Waals surface area (Å²) in [6, 6.07) is 16.5. The Balaban J connectivity index is 1.28. The van der Waals surface area contributed by atoms with E-state index in [0.717, 1.165) is 31.4 Å². The third kappa shape index (κ3) is 4.45. The lowest BCUT2D eigenvalue weighted by atomic mass is 9.81. The molecule has 2 aliphatic rings. The van der Waals surface area contributed by atoms with Gasteiger partial charge in [-0.3, -0.25) is 19.3 Å². The largest absolute Gasteiger partial charge is 0.326 e. The molecule has 30 heavy (non-hydrogen) atoms. The molecule has 1 aliphatic carbocycles. The van der Waals surface area contributed by atoms with Gasteiger partial charge in [-0.05, 0) is 49.2 Å². The number of imide groups is 1. The molecule has 0 bridgehead atoms. The van der Waals surface area contributed by atoms with Crippen molar-refractivity contribution in [3.63, 3.8) is 0 Å². The Kier molecular flexibility index (Phi) is 5.97. The minimum Gasteiger partial charge on any atom is -0.326 e. The SMILES string of the molecule is O=C(CCN1C(=O)[C@H]2CCCC[C@@H]2C1=O)Nc1ccc(N=Nc2ccccc2)cc1. The molecule has 2 atom stereocenters. The van der Waals surface area contributed by atoms with Crippen LogP contribution in [0.25, 0.3) is 0 Å². The Labute approximate surface area is 175 Å². The van der Waals surface area contributed by atoms with Gasteiger partial charge in [-0.25, -0.2) is 0 Å². The molecule has 1 aliphatic heterocycles. The smallest absolute Gasteiger partial charge is 0.233 e. The molecule has 7 nitrogen and oxygen atoms in total. The van der Waals surface area contributed by atoms with E-state index < -0.39 is 0 Å². The van der Waals surface area contributed by atoms with Gasteiger partial charge >= 0.3 is 0 Å². The summed E-state index contributed by atoms with van der Waals surface area (Å²) in [4.78, 5) is 38.5. The van der Waals surface area contributed by atoms with Crippen molar-refractivity contribution in [2.24, 2.45) is 22.1 Å². The average molecular weight is 404 g/mol. The van der Waals surface area contributed by atoms with Crippen molar-refractivity contribution in [3.05, 3.63) is 54.6 Å². The maximum Gasteiger partial charge on any atom is 0.233 e. The van der Waals surface area contributed by atoms with Gasteiger partial charge in [0.1, 0.15) is 0 Å². The first kappa shape index (κ1) is 19.9. The fourth-order valence-corrected chi connectivity index (χ4v) is 4.11. The number of nitrogens with zero attached hydrogens (tertiary/aromatic N) is 3. The summed E-state index contributed by atoms with van der Waals surface area (Å²) in [6.45, 7) is 0.139. The molecule has 1 N–H and O–H groups in total. The summed E-state index contributed by atoms with van der Waals surface area (Å²) in [6.07, 6.45) is 3.65. The molecule has 0 aromatic heterocycles. The van der Waals surface area contributed by atoms with E-state index in [4.69, 9.17) is 0 Å². The number of hydrogen-bond donors (Lipinski definition) is 1.